The molecule has 0 saturated carbocycles. The van der Waals surface area contributed by atoms with Crippen molar-refractivity contribution < 1.29 is 23.0 Å². The quantitative estimate of drug-likeness (QED) is 0.808. The zero-order valence-corrected chi connectivity index (χ0v) is 15.4. The van der Waals surface area contributed by atoms with Gasteiger partial charge in [-0.25, -0.2) is 13.1 Å². The topological polar surface area (TPSA) is 84.9 Å². The molecule has 0 saturated heterocycles. The molecule has 0 radical (unpaired) electrons. The number of nitrogens with one attached hydrogen (secondary N) is 1. The SMILES string of the molecule is CC(CC(O)c1ccccc1)NS(=O)(=O)c1ccc2c(c1)OCCCO2. The molecule has 0 bridgehead atoms. The van der Waals surface area contributed by atoms with Crippen molar-refractivity contribution in [3.63, 3.8) is 0 Å². The number of sulfonamides is 1. The Bertz CT molecular complexity index is 838. The summed E-state index contributed by atoms with van der Waals surface area (Å²) >= 11 is 0. The van der Waals surface area contributed by atoms with E-state index in [0.29, 0.717) is 24.7 Å². The molecule has 2 aromatic carbocycles. The number of ether oxygens (including phenoxy) is 2. The molecule has 2 aromatic rings. The molecule has 140 valence electrons. The first-order valence-corrected chi connectivity index (χ1v) is 10.1. The molecule has 0 spiro atoms. The summed E-state index contributed by atoms with van der Waals surface area (Å²) in [6.45, 7) is 2.77. The summed E-state index contributed by atoms with van der Waals surface area (Å²) in [5.74, 6) is 0.983. The van der Waals surface area contributed by atoms with Crippen LogP contribution < -0.4 is 14.2 Å². The highest BCUT2D eigenvalue weighted by atomic mass is 32.2. The minimum atomic E-state index is -3.73. The van der Waals surface area contributed by atoms with Crippen molar-refractivity contribution in [2.45, 2.75) is 36.8 Å². The lowest BCUT2D eigenvalue weighted by atomic mass is 10.0. The number of hydrogen-bond acceptors (Lipinski definition) is 5. The summed E-state index contributed by atoms with van der Waals surface area (Å²) in [7, 11) is -3.73. The van der Waals surface area contributed by atoms with Crippen LogP contribution in [-0.2, 0) is 10.0 Å². The number of hydrogen-bond donors (Lipinski definition) is 2. The maximum Gasteiger partial charge on any atom is 0.240 e. The maximum absolute atomic E-state index is 12.6. The van der Waals surface area contributed by atoms with Crippen LogP contribution in [0.15, 0.2) is 53.4 Å². The summed E-state index contributed by atoms with van der Waals surface area (Å²) in [5, 5.41) is 10.3. The minimum absolute atomic E-state index is 0.114. The Morgan fingerprint density at radius 3 is 2.50 bits per heavy atom. The van der Waals surface area contributed by atoms with Gasteiger partial charge >= 0.3 is 0 Å². The Morgan fingerprint density at radius 1 is 1.08 bits per heavy atom. The number of aliphatic hydroxyl groups excluding tert-OH is 1. The van der Waals surface area contributed by atoms with Crippen LogP contribution >= 0.6 is 0 Å². The van der Waals surface area contributed by atoms with Crippen molar-refractivity contribution in [1.82, 2.24) is 4.72 Å². The molecule has 0 aliphatic carbocycles. The van der Waals surface area contributed by atoms with Gasteiger partial charge in [-0.1, -0.05) is 30.3 Å². The molecule has 2 N–H and O–H groups in total. The third kappa shape index (κ3) is 4.55. The minimum Gasteiger partial charge on any atom is -0.490 e. The fourth-order valence-electron chi connectivity index (χ4n) is 2.84. The normalized spacial score (nSPS) is 16.5. The van der Waals surface area contributed by atoms with Crippen LogP contribution in [0, 0.1) is 0 Å². The lowest BCUT2D eigenvalue weighted by Crippen LogP contribution is -2.33. The molecule has 1 aliphatic rings. The average Bonchev–Trinajstić information content (AvgIpc) is 2.86. The van der Waals surface area contributed by atoms with Gasteiger partial charge in [0.2, 0.25) is 10.0 Å². The van der Waals surface area contributed by atoms with E-state index in [1.54, 1.807) is 13.0 Å². The predicted octanol–water partition coefficient (Wildman–Crippen LogP) is 2.64. The van der Waals surface area contributed by atoms with E-state index in [1.807, 2.05) is 30.3 Å². The predicted molar refractivity (Wildman–Crippen MR) is 97.9 cm³/mol. The van der Waals surface area contributed by atoms with Gasteiger partial charge in [-0.2, -0.15) is 0 Å². The smallest absolute Gasteiger partial charge is 0.240 e. The fourth-order valence-corrected chi connectivity index (χ4v) is 4.11. The highest BCUT2D eigenvalue weighted by Gasteiger charge is 2.22. The van der Waals surface area contributed by atoms with Crippen LogP contribution in [0.1, 0.15) is 31.4 Å². The van der Waals surface area contributed by atoms with Crippen LogP contribution in [0.25, 0.3) is 0 Å². The van der Waals surface area contributed by atoms with Crippen molar-refractivity contribution >= 4 is 10.0 Å². The van der Waals surface area contributed by atoms with Gasteiger partial charge in [0.1, 0.15) is 0 Å². The summed E-state index contributed by atoms with van der Waals surface area (Å²) in [4.78, 5) is 0.114. The van der Waals surface area contributed by atoms with Gasteiger partial charge in [0.25, 0.3) is 0 Å². The number of aliphatic hydroxyl groups is 1. The lowest BCUT2D eigenvalue weighted by molar-refractivity contribution is 0.158. The fraction of sp³-hybridized carbons (Fsp3) is 0.368. The van der Waals surface area contributed by atoms with E-state index < -0.39 is 22.2 Å². The van der Waals surface area contributed by atoms with Gasteiger partial charge < -0.3 is 14.6 Å². The van der Waals surface area contributed by atoms with Crippen LogP contribution in [0.4, 0.5) is 0 Å². The second-order valence-electron chi connectivity index (χ2n) is 6.34. The van der Waals surface area contributed by atoms with Gasteiger partial charge in [0.15, 0.2) is 11.5 Å². The van der Waals surface area contributed by atoms with Crippen LogP contribution in [0.5, 0.6) is 11.5 Å². The second kappa shape index (κ2) is 8.07. The largest absolute Gasteiger partial charge is 0.490 e. The first kappa shape index (κ1) is 18.7. The van der Waals surface area contributed by atoms with E-state index in [-0.39, 0.29) is 11.3 Å². The third-order valence-electron chi connectivity index (χ3n) is 4.15. The van der Waals surface area contributed by atoms with Crippen molar-refractivity contribution in [2.75, 3.05) is 13.2 Å². The van der Waals surface area contributed by atoms with Gasteiger partial charge in [0, 0.05) is 18.5 Å². The van der Waals surface area contributed by atoms with Gasteiger partial charge in [-0.15, -0.1) is 0 Å². The summed E-state index contributed by atoms with van der Waals surface area (Å²) < 4.78 is 39.0. The van der Waals surface area contributed by atoms with E-state index in [4.69, 9.17) is 9.47 Å². The van der Waals surface area contributed by atoms with E-state index >= 15 is 0 Å². The van der Waals surface area contributed by atoms with Crippen LogP contribution in [-0.4, -0.2) is 32.8 Å². The molecule has 2 atom stereocenters. The van der Waals surface area contributed by atoms with Crippen molar-refractivity contribution in [1.29, 1.82) is 0 Å². The highest BCUT2D eigenvalue weighted by molar-refractivity contribution is 7.89. The number of fused-ring (bicyclic) bond motifs is 1. The first-order chi connectivity index (χ1) is 12.5. The third-order valence-corrected chi connectivity index (χ3v) is 5.73. The molecule has 7 heteroatoms. The Hall–Kier alpha value is -2.09. The van der Waals surface area contributed by atoms with E-state index in [0.717, 1.165) is 12.0 Å². The Balaban J connectivity index is 1.69. The van der Waals surface area contributed by atoms with Crippen molar-refractivity contribution in [3.8, 4) is 11.5 Å². The zero-order valence-electron chi connectivity index (χ0n) is 14.6. The van der Waals surface area contributed by atoms with E-state index in [9.17, 15) is 13.5 Å². The molecule has 2 unspecified atom stereocenters. The molecule has 0 aromatic heterocycles. The second-order valence-corrected chi connectivity index (χ2v) is 8.06. The number of rotatable bonds is 6. The monoisotopic (exact) mass is 377 g/mol. The maximum atomic E-state index is 12.6. The molecule has 0 amide bonds. The molecule has 3 rings (SSSR count). The van der Waals surface area contributed by atoms with E-state index in [2.05, 4.69) is 4.72 Å². The molecular weight excluding hydrogens is 354 g/mol. The van der Waals surface area contributed by atoms with E-state index in [1.165, 1.54) is 12.1 Å². The first-order valence-electron chi connectivity index (χ1n) is 8.61. The van der Waals surface area contributed by atoms with Crippen molar-refractivity contribution in [2.24, 2.45) is 0 Å². The molecule has 1 heterocycles. The average molecular weight is 377 g/mol. The van der Waals surface area contributed by atoms with Crippen molar-refractivity contribution in [3.05, 3.63) is 54.1 Å². The number of benzene rings is 2. The Labute approximate surface area is 153 Å². The summed E-state index contributed by atoms with van der Waals surface area (Å²) in [5.41, 5.74) is 0.758. The lowest BCUT2D eigenvalue weighted by Gasteiger charge is -2.18. The van der Waals surface area contributed by atoms with Crippen LogP contribution in [0.2, 0.25) is 0 Å². The Morgan fingerprint density at radius 2 is 1.77 bits per heavy atom. The summed E-state index contributed by atoms with van der Waals surface area (Å²) in [6.07, 6.45) is 0.287. The standard InChI is InChI=1S/C19H23NO5S/c1-14(12-17(21)15-6-3-2-4-7-15)20-26(22,23)16-8-9-18-19(13-16)25-11-5-10-24-18/h2-4,6-9,13-14,17,20-21H,5,10-12H2,1H3. The molecule has 26 heavy (non-hydrogen) atoms. The molecule has 0 fully saturated rings. The zero-order chi connectivity index (χ0) is 18.6. The van der Waals surface area contributed by atoms with Gasteiger partial charge in [-0.3, -0.25) is 0 Å². The molecular formula is C19H23NO5S. The van der Waals surface area contributed by atoms with Crippen LogP contribution in [0.3, 0.4) is 0 Å². The Kier molecular flexibility index (Phi) is 5.80. The molecule has 1 aliphatic heterocycles. The van der Waals surface area contributed by atoms with Gasteiger partial charge in [0.05, 0.1) is 24.2 Å². The highest BCUT2D eigenvalue weighted by Crippen LogP contribution is 2.32. The summed E-state index contributed by atoms with van der Waals surface area (Å²) in [6, 6.07) is 13.3. The molecule has 6 nitrogen and oxygen atoms in total. The van der Waals surface area contributed by atoms with Gasteiger partial charge in [-0.05, 0) is 31.0 Å².